The van der Waals surface area contributed by atoms with Crippen LogP contribution in [0.15, 0.2) is 9.65 Å². The zero-order valence-corrected chi connectivity index (χ0v) is 14.1. The number of rotatable bonds is 12. The standard InChI is InChI=1S/C14H28S3/c1-4-7-10-15-13-14(16-11-8-5-2)17-12-9-6-3/h13H,4-12H2,1-3H3. The Hall–Kier alpha value is 0.790. The molecule has 0 aliphatic rings. The maximum absolute atomic E-state index is 2.40. The zero-order chi connectivity index (χ0) is 12.8. The van der Waals surface area contributed by atoms with Crippen LogP contribution >= 0.6 is 35.3 Å². The molecule has 102 valence electrons. The molecule has 0 bridgehead atoms. The van der Waals surface area contributed by atoms with E-state index in [9.17, 15) is 0 Å². The van der Waals surface area contributed by atoms with Crippen LogP contribution in [-0.4, -0.2) is 17.3 Å². The molecule has 0 spiro atoms. The first-order valence-electron chi connectivity index (χ1n) is 6.92. The van der Waals surface area contributed by atoms with Gasteiger partial charge < -0.3 is 0 Å². The second kappa shape index (κ2) is 14.8. The van der Waals surface area contributed by atoms with Crippen LogP contribution in [0.1, 0.15) is 59.3 Å². The molecule has 0 atom stereocenters. The van der Waals surface area contributed by atoms with Gasteiger partial charge in [-0.1, -0.05) is 40.0 Å². The number of hydrogen-bond donors (Lipinski definition) is 0. The fraction of sp³-hybridized carbons (Fsp3) is 0.857. The lowest BCUT2D eigenvalue weighted by molar-refractivity contribution is 0.896. The lowest BCUT2D eigenvalue weighted by atomic mass is 10.4. The van der Waals surface area contributed by atoms with Gasteiger partial charge in [-0.25, -0.2) is 0 Å². The largest absolute Gasteiger partial charge is 0.132 e. The molecule has 0 radical (unpaired) electrons. The predicted molar refractivity (Wildman–Crippen MR) is 90.2 cm³/mol. The van der Waals surface area contributed by atoms with E-state index in [2.05, 4.69) is 49.7 Å². The first-order chi connectivity index (χ1) is 8.35. The van der Waals surface area contributed by atoms with Crippen molar-refractivity contribution >= 4 is 35.3 Å². The van der Waals surface area contributed by atoms with Crippen molar-refractivity contribution in [1.29, 1.82) is 0 Å². The highest BCUT2D eigenvalue weighted by molar-refractivity contribution is 8.23. The summed E-state index contributed by atoms with van der Waals surface area (Å²) in [7, 11) is 0. The van der Waals surface area contributed by atoms with Gasteiger partial charge in [-0.3, -0.25) is 0 Å². The Morgan fingerprint density at radius 2 is 1.24 bits per heavy atom. The van der Waals surface area contributed by atoms with Crippen LogP contribution in [0.4, 0.5) is 0 Å². The van der Waals surface area contributed by atoms with Crippen LogP contribution in [-0.2, 0) is 0 Å². The lowest BCUT2D eigenvalue weighted by Gasteiger charge is -2.06. The summed E-state index contributed by atoms with van der Waals surface area (Å²) in [6, 6.07) is 0. The number of unbranched alkanes of at least 4 members (excludes halogenated alkanes) is 3. The summed E-state index contributed by atoms with van der Waals surface area (Å²) in [4.78, 5) is 0. The van der Waals surface area contributed by atoms with Crippen LogP contribution in [0.3, 0.4) is 0 Å². The van der Waals surface area contributed by atoms with Gasteiger partial charge in [-0.15, -0.1) is 35.3 Å². The highest BCUT2D eigenvalue weighted by atomic mass is 32.2. The summed E-state index contributed by atoms with van der Waals surface area (Å²) in [6.45, 7) is 6.80. The summed E-state index contributed by atoms with van der Waals surface area (Å²) in [5.41, 5.74) is 0. The van der Waals surface area contributed by atoms with Gasteiger partial charge in [0.1, 0.15) is 0 Å². The van der Waals surface area contributed by atoms with Gasteiger partial charge in [-0.05, 0) is 41.9 Å². The van der Waals surface area contributed by atoms with Crippen molar-refractivity contribution in [3.63, 3.8) is 0 Å². The molecule has 0 unspecified atom stereocenters. The van der Waals surface area contributed by atoms with Crippen LogP contribution in [0.2, 0.25) is 0 Å². The Morgan fingerprint density at radius 3 is 1.71 bits per heavy atom. The van der Waals surface area contributed by atoms with E-state index in [0.717, 1.165) is 0 Å². The fourth-order valence-corrected chi connectivity index (χ4v) is 4.86. The molecule has 0 amide bonds. The molecular formula is C14H28S3. The molecule has 0 saturated heterocycles. The number of hydrogen-bond acceptors (Lipinski definition) is 3. The van der Waals surface area contributed by atoms with Gasteiger partial charge in [0.25, 0.3) is 0 Å². The predicted octanol–water partition coefficient (Wildman–Crippen LogP) is 6.39. The molecule has 0 aliphatic heterocycles. The highest BCUT2D eigenvalue weighted by Gasteiger charge is 1.99. The monoisotopic (exact) mass is 292 g/mol. The minimum absolute atomic E-state index is 1.28. The van der Waals surface area contributed by atoms with Crippen molar-refractivity contribution in [2.24, 2.45) is 0 Å². The molecule has 0 N–H and O–H groups in total. The zero-order valence-electron chi connectivity index (χ0n) is 11.7. The average Bonchev–Trinajstić information content (AvgIpc) is 2.34. The minimum Gasteiger partial charge on any atom is -0.132 e. The summed E-state index contributed by atoms with van der Waals surface area (Å²) >= 11 is 6.11. The smallest absolute Gasteiger partial charge is 0.0464 e. The second-order valence-corrected chi connectivity index (χ2v) is 7.57. The third-order valence-electron chi connectivity index (χ3n) is 2.28. The normalized spacial score (nSPS) is 10.5. The third-order valence-corrected chi connectivity index (χ3v) is 6.00. The molecule has 0 aromatic carbocycles. The SMILES string of the molecule is CCCCSC=C(SCCCC)SCCCC. The van der Waals surface area contributed by atoms with Crippen molar-refractivity contribution in [3.05, 3.63) is 9.65 Å². The van der Waals surface area contributed by atoms with Gasteiger partial charge in [0, 0.05) is 4.24 Å². The van der Waals surface area contributed by atoms with E-state index < -0.39 is 0 Å². The van der Waals surface area contributed by atoms with Gasteiger partial charge in [0.05, 0.1) is 0 Å². The summed E-state index contributed by atoms with van der Waals surface area (Å²) in [5.74, 6) is 3.86. The van der Waals surface area contributed by atoms with E-state index in [4.69, 9.17) is 0 Å². The Balaban J connectivity index is 3.81. The van der Waals surface area contributed by atoms with E-state index in [1.807, 2.05) is 11.8 Å². The van der Waals surface area contributed by atoms with Gasteiger partial charge in [0.2, 0.25) is 0 Å². The molecule has 0 rings (SSSR count). The fourth-order valence-electron chi connectivity index (χ4n) is 1.10. The Morgan fingerprint density at radius 1 is 0.765 bits per heavy atom. The Bertz CT molecular complexity index is 166. The quantitative estimate of drug-likeness (QED) is 0.383. The third kappa shape index (κ3) is 13.0. The molecule has 3 heteroatoms. The molecule has 17 heavy (non-hydrogen) atoms. The first kappa shape index (κ1) is 17.8. The lowest BCUT2D eigenvalue weighted by Crippen LogP contribution is -1.82. The second-order valence-electron chi connectivity index (χ2n) is 4.07. The average molecular weight is 293 g/mol. The molecular weight excluding hydrogens is 264 g/mol. The summed E-state index contributed by atoms with van der Waals surface area (Å²) in [5, 5.41) is 2.40. The van der Waals surface area contributed by atoms with E-state index in [0.29, 0.717) is 0 Å². The van der Waals surface area contributed by atoms with Crippen molar-refractivity contribution in [2.45, 2.75) is 59.3 Å². The van der Waals surface area contributed by atoms with E-state index >= 15 is 0 Å². The number of thioether (sulfide) groups is 3. The molecule has 0 nitrogen and oxygen atoms in total. The Labute approximate surface area is 121 Å². The van der Waals surface area contributed by atoms with Crippen LogP contribution in [0, 0.1) is 0 Å². The minimum atomic E-state index is 1.28. The highest BCUT2D eigenvalue weighted by Crippen LogP contribution is 2.32. The van der Waals surface area contributed by atoms with Gasteiger partial charge >= 0.3 is 0 Å². The van der Waals surface area contributed by atoms with Crippen molar-refractivity contribution in [1.82, 2.24) is 0 Å². The maximum Gasteiger partial charge on any atom is 0.0464 e. The van der Waals surface area contributed by atoms with Gasteiger partial charge in [0.15, 0.2) is 0 Å². The van der Waals surface area contributed by atoms with E-state index in [-0.39, 0.29) is 0 Å². The molecule has 0 aromatic rings. The van der Waals surface area contributed by atoms with Crippen molar-refractivity contribution in [2.75, 3.05) is 17.3 Å². The molecule has 0 aliphatic carbocycles. The van der Waals surface area contributed by atoms with Crippen LogP contribution < -0.4 is 0 Å². The van der Waals surface area contributed by atoms with Crippen molar-refractivity contribution in [3.8, 4) is 0 Å². The van der Waals surface area contributed by atoms with E-state index in [1.165, 1.54) is 55.8 Å². The molecule has 0 saturated carbocycles. The summed E-state index contributed by atoms with van der Waals surface area (Å²) < 4.78 is 1.55. The van der Waals surface area contributed by atoms with E-state index in [1.54, 1.807) is 4.24 Å². The summed E-state index contributed by atoms with van der Waals surface area (Å²) in [6.07, 6.45) is 7.95. The topological polar surface area (TPSA) is 0 Å². The maximum atomic E-state index is 2.40. The Kier molecular flexibility index (Phi) is 15.5. The van der Waals surface area contributed by atoms with Crippen LogP contribution in [0.25, 0.3) is 0 Å². The van der Waals surface area contributed by atoms with Crippen LogP contribution in [0.5, 0.6) is 0 Å². The molecule has 0 aromatic heterocycles. The first-order valence-corrected chi connectivity index (χ1v) is 9.94. The van der Waals surface area contributed by atoms with Crippen molar-refractivity contribution < 1.29 is 0 Å². The molecule has 0 heterocycles. The molecule has 0 fully saturated rings. The van der Waals surface area contributed by atoms with Gasteiger partial charge in [-0.2, -0.15) is 0 Å².